The number of guanidine groups is 1. The van der Waals surface area contributed by atoms with Crippen molar-refractivity contribution in [1.82, 2.24) is 20.1 Å². The highest BCUT2D eigenvalue weighted by Gasteiger charge is 2.20. The molecule has 0 aliphatic carbocycles. The van der Waals surface area contributed by atoms with Crippen LogP contribution in [0.15, 0.2) is 47.7 Å². The molecule has 0 saturated carbocycles. The second kappa shape index (κ2) is 11.4. The summed E-state index contributed by atoms with van der Waals surface area (Å²) >= 11 is 0. The molecule has 1 aromatic carbocycles. The number of pyridine rings is 1. The number of piperazine rings is 1. The van der Waals surface area contributed by atoms with E-state index in [1.807, 2.05) is 24.4 Å². The highest BCUT2D eigenvalue weighted by atomic mass is 16.5. The van der Waals surface area contributed by atoms with Gasteiger partial charge in [0.25, 0.3) is 0 Å². The Labute approximate surface area is 179 Å². The van der Waals surface area contributed by atoms with Crippen molar-refractivity contribution in [3.63, 3.8) is 0 Å². The summed E-state index contributed by atoms with van der Waals surface area (Å²) in [7, 11) is 3.41. The minimum absolute atomic E-state index is 0.759. The zero-order valence-electron chi connectivity index (χ0n) is 18.3. The van der Waals surface area contributed by atoms with Crippen LogP contribution in [0.25, 0.3) is 0 Å². The van der Waals surface area contributed by atoms with E-state index in [9.17, 15) is 0 Å². The molecule has 1 aliphatic rings. The number of ether oxygens (including phenoxy) is 2. The van der Waals surface area contributed by atoms with Crippen LogP contribution in [-0.4, -0.2) is 74.2 Å². The van der Waals surface area contributed by atoms with Gasteiger partial charge in [0, 0.05) is 63.8 Å². The number of aromatic nitrogens is 1. The standard InChI is InChI=1S/C23H33N5O2/c1-4-25-23(26-11-9-19-6-5-10-24-17-19)28-14-12-27(13-15-28)18-20-16-21(29-2)7-8-22(20)30-3/h5-8,10,16-17H,4,9,11-15,18H2,1-3H3,(H,25,26). The van der Waals surface area contributed by atoms with E-state index in [1.165, 1.54) is 5.56 Å². The maximum Gasteiger partial charge on any atom is 0.194 e. The predicted molar refractivity (Wildman–Crippen MR) is 120 cm³/mol. The zero-order chi connectivity index (χ0) is 21.2. The summed E-state index contributed by atoms with van der Waals surface area (Å²) in [4.78, 5) is 13.8. The molecule has 0 bridgehead atoms. The van der Waals surface area contributed by atoms with E-state index in [0.717, 1.165) is 75.3 Å². The highest BCUT2D eigenvalue weighted by Crippen LogP contribution is 2.25. The molecule has 1 fully saturated rings. The second-order valence-electron chi connectivity index (χ2n) is 7.29. The van der Waals surface area contributed by atoms with Crippen LogP contribution in [0, 0.1) is 0 Å². The third-order valence-electron chi connectivity index (χ3n) is 5.27. The lowest BCUT2D eigenvalue weighted by atomic mass is 10.1. The number of hydrogen-bond donors (Lipinski definition) is 1. The number of nitrogens with zero attached hydrogens (tertiary/aromatic N) is 4. The summed E-state index contributed by atoms with van der Waals surface area (Å²) in [5.41, 5.74) is 2.37. The molecule has 1 aliphatic heterocycles. The lowest BCUT2D eigenvalue weighted by molar-refractivity contribution is 0.171. The first-order chi connectivity index (χ1) is 14.7. The van der Waals surface area contributed by atoms with Gasteiger partial charge in [-0.2, -0.15) is 0 Å². The Kier molecular flexibility index (Phi) is 8.32. The molecule has 2 aromatic rings. The second-order valence-corrected chi connectivity index (χ2v) is 7.29. The largest absolute Gasteiger partial charge is 0.497 e. The lowest BCUT2D eigenvalue weighted by Gasteiger charge is -2.36. The van der Waals surface area contributed by atoms with E-state index in [4.69, 9.17) is 14.5 Å². The van der Waals surface area contributed by atoms with Crippen LogP contribution < -0.4 is 14.8 Å². The molecule has 7 nitrogen and oxygen atoms in total. The van der Waals surface area contributed by atoms with Gasteiger partial charge in [-0.3, -0.25) is 14.9 Å². The van der Waals surface area contributed by atoms with E-state index >= 15 is 0 Å². The number of hydrogen-bond acceptors (Lipinski definition) is 5. The Morgan fingerprint density at radius 3 is 2.63 bits per heavy atom. The van der Waals surface area contributed by atoms with Crippen LogP contribution in [-0.2, 0) is 13.0 Å². The molecule has 0 unspecified atom stereocenters. The number of nitrogens with one attached hydrogen (secondary N) is 1. The molecule has 162 valence electrons. The normalized spacial score (nSPS) is 15.2. The molecule has 1 N–H and O–H groups in total. The molecule has 0 radical (unpaired) electrons. The van der Waals surface area contributed by atoms with E-state index < -0.39 is 0 Å². The van der Waals surface area contributed by atoms with Crippen molar-refractivity contribution in [3.8, 4) is 11.5 Å². The maximum absolute atomic E-state index is 5.53. The first kappa shape index (κ1) is 21.9. The zero-order valence-corrected chi connectivity index (χ0v) is 18.3. The Hall–Kier alpha value is -2.80. The molecule has 1 aromatic heterocycles. The summed E-state index contributed by atoms with van der Waals surface area (Å²) in [6.07, 6.45) is 4.61. The molecule has 3 rings (SSSR count). The molecule has 2 heterocycles. The third-order valence-corrected chi connectivity index (χ3v) is 5.27. The van der Waals surface area contributed by atoms with Crippen LogP contribution in [0.4, 0.5) is 0 Å². The van der Waals surface area contributed by atoms with Crippen LogP contribution in [0.5, 0.6) is 11.5 Å². The summed E-state index contributed by atoms with van der Waals surface area (Å²) in [5.74, 6) is 2.77. The smallest absolute Gasteiger partial charge is 0.194 e. The van der Waals surface area contributed by atoms with Crippen molar-refractivity contribution in [2.75, 3.05) is 53.5 Å². The van der Waals surface area contributed by atoms with Crippen molar-refractivity contribution in [2.45, 2.75) is 19.9 Å². The van der Waals surface area contributed by atoms with Crippen LogP contribution in [0.1, 0.15) is 18.1 Å². The van der Waals surface area contributed by atoms with E-state index in [0.29, 0.717) is 0 Å². The average Bonchev–Trinajstić information content (AvgIpc) is 2.80. The van der Waals surface area contributed by atoms with Gasteiger partial charge in [-0.1, -0.05) is 6.07 Å². The minimum atomic E-state index is 0.759. The maximum atomic E-state index is 5.53. The van der Waals surface area contributed by atoms with Gasteiger partial charge in [-0.05, 0) is 43.2 Å². The fourth-order valence-electron chi connectivity index (χ4n) is 3.63. The van der Waals surface area contributed by atoms with Gasteiger partial charge in [-0.25, -0.2) is 0 Å². The monoisotopic (exact) mass is 411 g/mol. The third kappa shape index (κ3) is 6.10. The Morgan fingerprint density at radius 2 is 1.97 bits per heavy atom. The van der Waals surface area contributed by atoms with Crippen molar-refractivity contribution < 1.29 is 9.47 Å². The molecule has 0 atom stereocenters. The fraction of sp³-hybridized carbons (Fsp3) is 0.478. The molecular weight excluding hydrogens is 378 g/mol. The van der Waals surface area contributed by atoms with Crippen LogP contribution in [0.2, 0.25) is 0 Å². The lowest BCUT2D eigenvalue weighted by Crippen LogP contribution is -2.52. The minimum Gasteiger partial charge on any atom is -0.497 e. The highest BCUT2D eigenvalue weighted by molar-refractivity contribution is 5.80. The van der Waals surface area contributed by atoms with Crippen molar-refractivity contribution in [2.24, 2.45) is 4.99 Å². The SMILES string of the molecule is CCNC(=NCCc1cccnc1)N1CCN(Cc2cc(OC)ccc2OC)CC1. The molecule has 30 heavy (non-hydrogen) atoms. The van der Waals surface area contributed by atoms with Gasteiger partial charge in [0.15, 0.2) is 5.96 Å². The summed E-state index contributed by atoms with van der Waals surface area (Å²) in [5, 5.41) is 3.44. The first-order valence-electron chi connectivity index (χ1n) is 10.6. The Morgan fingerprint density at radius 1 is 1.13 bits per heavy atom. The number of aliphatic imine (C=N–C) groups is 1. The van der Waals surface area contributed by atoms with E-state index in [2.05, 4.69) is 39.2 Å². The Bertz CT molecular complexity index is 804. The molecule has 1 saturated heterocycles. The summed E-state index contributed by atoms with van der Waals surface area (Å²) in [6, 6.07) is 10.0. The molecule has 7 heteroatoms. The van der Waals surface area contributed by atoms with Gasteiger partial charge in [0.1, 0.15) is 11.5 Å². The van der Waals surface area contributed by atoms with E-state index in [1.54, 1.807) is 20.4 Å². The van der Waals surface area contributed by atoms with Gasteiger partial charge in [-0.15, -0.1) is 0 Å². The summed E-state index contributed by atoms with van der Waals surface area (Å²) in [6.45, 7) is 8.45. The predicted octanol–water partition coefficient (Wildman–Crippen LogP) is 2.42. The molecular formula is C23H33N5O2. The van der Waals surface area contributed by atoms with Gasteiger partial charge in [0.05, 0.1) is 14.2 Å². The van der Waals surface area contributed by atoms with Crippen LogP contribution >= 0.6 is 0 Å². The van der Waals surface area contributed by atoms with Gasteiger partial charge >= 0.3 is 0 Å². The summed E-state index contributed by atoms with van der Waals surface area (Å²) < 4.78 is 10.9. The van der Waals surface area contributed by atoms with Crippen molar-refractivity contribution >= 4 is 5.96 Å². The fourth-order valence-corrected chi connectivity index (χ4v) is 3.63. The number of rotatable bonds is 8. The average molecular weight is 412 g/mol. The van der Waals surface area contributed by atoms with E-state index in [-0.39, 0.29) is 0 Å². The van der Waals surface area contributed by atoms with Crippen LogP contribution in [0.3, 0.4) is 0 Å². The number of methoxy groups -OCH3 is 2. The molecule has 0 amide bonds. The number of benzene rings is 1. The topological polar surface area (TPSA) is 62.2 Å². The van der Waals surface area contributed by atoms with Gasteiger partial charge in [0.2, 0.25) is 0 Å². The first-order valence-corrected chi connectivity index (χ1v) is 10.6. The van der Waals surface area contributed by atoms with Crippen molar-refractivity contribution in [3.05, 3.63) is 53.9 Å². The molecule has 0 spiro atoms. The quantitative estimate of drug-likeness (QED) is 0.532. The van der Waals surface area contributed by atoms with Crippen molar-refractivity contribution in [1.29, 1.82) is 0 Å². The Balaban J connectivity index is 1.55. The van der Waals surface area contributed by atoms with Gasteiger partial charge < -0.3 is 19.7 Å².